The van der Waals surface area contributed by atoms with Crippen LogP contribution in [0.1, 0.15) is 34.5 Å². The van der Waals surface area contributed by atoms with Crippen molar-refractivity contribution in [2.75, 3.05) is 33.9 Å². The predicted molar refractivity (Wildman–Crippen MR) is 114 cm³/mol. The van der Waals surface area contributed by atoms with Gasteiger partial charge in [0.25, 0.3) is 5.91 Å². The van der Waals surface area contributed by atoms with Crippen LogP contribution in [0.15, 0.2) is 42.5 Å². The van der Waals surface area contributed by atoms with Gasteiger partial charge in [0.05, 0.1) is 20.3 Å². The van der Waals surface area contributed by atoms with Crippen LogP contribution in [0, 0.1) is 18.8 Å². The van der Waals surface area contributed by atoms with Crippen LogP contribution in [0.4, 0.5) is 0 Å². The molecule has 158 valence electrons. The molecule has 2 aliphatic rings. The number of methoxy groups -OCH3 is 2. The third-order valence-electron chi connectivity index (χ3n) is 6.55. The maximum atomic E-state index is 13.3. The van der Waals surface area contributed by atoms with Gasteiger partial charge in [-0.25, -0.2) is 0 Å². The third kappa shape index (κ3) is 3.40. The van der Waals surface area contributed by atoms with E-state index in [1.807, 2.05) is 59.2 Å². The van der Waals surface area contributed by atoms with Gasteiger partial charge in [-0.1, -0.05) is 18.2 Å². The lowest BCUT2D eigenvalue weighted by molar-refractivity contribution is -0.130. The highest BCUT2D eigenvalue weighted by Gasteiger charge is 2.49. The van der Waals surface area contributed by atoms with Gasteiger partial charge in [-0.3, -0.25) is 9.59 Å². The van der Waals surface area contributed by atoms with Crippen LogP contribution in [0.3, 0.4) is 0 Å². The molecule has 0 unspecified atom stereocenters. The van der Waals surface area contributed by atoms with E-state index < -0.39 is 0 Å². The number of likely N-dealkylation sites (tertiary alicyclic amines) is 2. The van der Waals surface area contributed by atoms with Crippen LogP contribution < -0.4 is 9.47 Å². The van der Waals surface area contributed by atoms with Crippen molar-refractivity contribution >= 4 is 11.8 Å². The first kappa shape index (κ1) is 20.3. The molecule has 0 aliphatic carbocycles. The minimum absolute atomic E-state index is 0.0254. The highest BCUT2D eigenvalue weighted by Crippen LogP contribution is 2.45. The molecule has 6 nitrogen and oxygen atoms in total. The number of amides is 2. The molecule has 2 aliphatic heterocycles. The fraction of sp³-hybridized carbons (Fsp3) is 0.417. The van der Waals surface area contributed by atoms with Crippen molar-refractivity contribution in [3.8, 4) is 11.5 Å². The number of carbonyl (C=O) groups excluding carboxylic acids is 2. The smallest absolute Gasteiger partial charge is 0.254 e. The summed E-state index contributed by atoms with van der Waals surface area (Å²) in [4.78, 5) is 29.5. The fourth-order valence-electron chi connectivity index (χ4n) is 5.00. The largest absolute Gasteiger partial charge is 0.497 e. The fourth-order valence-corrected chi connectivity index (χ4v) is 5.00. The highest BCUT2D eigenvalue weighted by molar-refractivity contribution is 5.96. The number of benzene rings is 2. The minimum atomic E-state index is -0.0254. The molecular weight excluding hydrogens is 380 g/mol. The van der Waals surface area contributed by atoms with Crippen molar-refractivity contribution in [3.63, 3.8) is 0 Å². The first-order chi connectivity index (χ1) is 14.4. The maximum Gasteiger partial charge on any atom is 0.254 e. The summed E-state index contributed by atoms with van der Waals surface area (Å²) in [7, 11) is 3.26. The average molecular weight is 408 g/mol. The normalized spacial score (nSPS) is 22.7. The molecule has 0 bridgehead atoms. The number of ether oxygens (including phenoxy) is 2. The van der Waals surface area contributed by atoms with Crippen LogP contribution in [-0.4, -0.2) is 55.5 Å². The Kier molecular flexibility index (Phi) is 5.41. The zero-order valence-corrected chi connectivity index (χ0v) is 17.9. The van der Waals surface area contributed by atoms with Crippen molar-refractivity contribution in [2.24, 2.45) is 11.8 Å². The Balaban J connectivity index is 1.59. The van der Waals surface area contributed by atoms with Crippen molar-refractivity contribution in [2.45, 2.75) is 19.9 Å². The van der Waals surface area contributed by atoms with Crippen LogP contribution in [-0.2, 0) is 4.79 Å². The average Bonchev–Trinajstić information content (AvgIpc) is 3.32. The quantitative estimate of drug-likeness (QED) is 0.779. The monoisotopic (exact) mass is 408 g/mol. The standard InChI is InChI=1S/C24H28N2O4/c1-15-20(6-5-7-22(15)30-4)24(28)25-12-18-13-26(16(2)27)23(21(18)14-25)17-8-10-19(29-3)11-9-17/h5-11,18,21,23H,12-14H2,1-4H3/t18-,21-,23+/m1/s1. The van der Waals surface area contributed by atoms with E-state index in [9.17, 15) is 9.59 Å². The van der Waals surface area contributed by atoms with Gasteiger partial charge in [-0.2, -0.15) is 0 Å². The molecule has 2 amide bonds. The summed E-state index contributed by atoms with van der Waals surface area (Å²) in [5.41, 5.74) is 2.63. The molecule has 2 aromatic carbocycles. The van der Waals surface area contributed by atoms with Crippen molar-refractivity contribution < 1.29 is 19.1 Å². The first-order valence-electron chi connectivity index (χ1n) is 10.3. The number of carbonyl (C=O) groups is 2. The zero-order valence-electron chi connectivity index (χ0n) is 17.9. The second-order valence-corrected chi connectivity index (χ2v) is 8.16. The predicted octanol–water partition coefficient (Wildman–Crippen LogP) is 3.30. The van der Waals surface area contributed by atoms with E-state index in [0.29, 0.717) is 25.2 Å². The molecule has 0 N–H and O–H groups in total. The van der Waals surface area contributed by atoms with Crippen molar-refractivity contribution in [1.82, 2.24) is 9.80 Å². The van der Waals surface area contributed by atoms with Crippen LogP contribution in [0.5, 0.6) is 11.5 Å². The molecule has 30 heavy (non-hydrogen) atoms. The van der Waals surface area contributed by atoms with Crippen LogP contribution in [0.2, 0.25) is 0 Å². The maximum absolute atomic E-state index is 13.3. The first-order valence-corrected chi connectivity index (χ1v) is 10.3. The van der Waals surface area contributed by atoms with Crippen LogP contribution in [0.25, 0.3) is 0 Å². The Labute approximate surface area is 177 Å². The molecule has 0 radical (unpaired) electrons. The Bertz CT molecular complexity index is 956. The van der Waals surface area contributed by atoms with Gasteiger partial charge in [-0.05, 0) is 36.8 Å². The summed E-state index contributed by atoms with van der Waals surface area (Å²) in [6, 6.07) is 13.5. The lowest BCUT2D eigenvalue weighted by Gasteiger charge is -2.29. The van der Waals surface area contributed by atoms with Gasteiger partial charge >= 0.3 is 0 Å². The van der Waals surface area contributed by atoms with Crippen molar-refractivity contribution in [1.29, 1.82) is 0 Å². The Morgan fingerprint density at radius 2 is 1.70 bits per heavy atom. The van der Waals surface area contributed by atoms with E-state index in [4.69, 9.17) is 9.47 Å². The van der Waals surface area contributed by atoms with Gasteiger partial charge in [0.2, 0.25) is 5.91 Å². The van der Waals surface area contributed by atoms with Crippen molar-refractivity contribution in [3.05, 3.63) is 59.2 Å². The highest BCUT2D eigenvalue weighted by atomic mass is 16.5. The minimum Gasteiger partial charge on any atom is -0.497 e. The van der Waals surface area contributed by atoms with Gasteiger partial charge in [0.1, 0.15) is 11.5 Å². The molecule has 2 saturated heterocycles. The molecule has 0 saturated carbocycles. The number of rotatable bonds is 4. The van der Waals surface area contributed by atoms with Gasteiger partial charge in [-0.15, -0.1) is 0 Å². The molecule has 3 atom stereocenters. The number of fused-ring (bicyclic) bond motifs is 1. The molecule has 0 spiro atoms. The van der Waals surface area contributed by atoms with E-state index in [-0.39, 0.29) is 29.7 Å². The summed E-state index contributed by atoms with van der Waals surface area (Å²) in [6.45, 7) is 5.52. The Morgan fingerprint density at radius 3 is 2.33 bits per heavy atom. The molecular formula is C24H28N2O4. The third-order valence-corrected chi connectivity index (χ3v) is 6.55. The van der Waals surface area contributed by atoms with E-state index in [1.165, 1.54) is 0 Å². The van der Waals surface area contributed by atoms with Gasteiger partial charge in [0, 0.05) is 49.5 Å². The van der Waals surface area contributed by atoms with E-state index >= 15 is 0 Å². The number of hydrogen-bond donors (Lipinski definition) is 0. The molecule has 6 heteroatoms. The van der Waals surface area contributed by atoms with Crippen LogP contribution >= 0.6 is 0 Å². The molecule has 0 aromatic heterocycles. The SMILES string of the molecule is COc1ccc([C@H]2[C@@H]3CN(C(=O)c4cccc(OC)c4C)C[C@@H]3CN2C(C)=O)cc1. The lowest BCUT2D eigenvalue weighted by Crippen LogP contribution is -2.36. The number of nitrogens with zero attached hydrogens (tertiary/aromatic N) is 2. The van der Waals surface area contributed by atoms with E-state index in [0.717, 1.165) is 22.6 Å². The summed E-state index contributed by atoms with van der Waals surface area (Å²) < 4.78 is 10.7. The molecule has 2 fully saturated rings. The lowest BCUT2D eigenvalue weighted by atomic mass is 9.89. The molecule has 2 aromatic rings. The second-order valence-electron chi connectivity index (χ2n) is 8.16. The van der Waals surface area contributed by atoms with Gasteiger partial charge < -0.3 is 19.3 Å². The Hall–Kier alpha value is -3.02. The Morgan fingerprint density at radius 1 is 0.967 bits per heavy atom. The molecule has 2 heterocycles. The summed E-state index contributed by atoms with van der Waals surface area (Å²) in [6.07, 6.45) is 0. The second kappa shape index (κ2) is 8.01. The zero-order chi connectivity index (χ0) is 21.4. The van der Waals surface area contributed by atoms with Gasteiger partial charge in [0.15, 0.2) is 0 Å². The summed E-state index contributed by atoms with van der Waals surface area (Å²) >= 11 is 0. The summed E-state index contributed by atoms with van der Waals surface area (Å²) in [5, 5.41) is 0. The molecule has 4 rings (SSSR count). The number of hydrogen-bond acceptors (Lipinski definition) is 4. The topological polar surface area (TPSA) is 59.1 Å². The van der Waals surface area contributed by atoms with E-state index in [2.05, 4.69) is 0 Å². The van der Waals surface area contributed by atoms with E-state index in [1.54, 1.807) is 21.1 Å². The summed E-state index contributed by atoms with van der Waals surface area (Å²) in [5.74, 6) is 2.11.